The van der Waals surface area contributed by atoms with E-state index in [4.69, 9.17) is 9.97 Å². The lowest BCUT2D eigenvalue weighted by Gasteiger charge is -2.34. The van der Waals surface area contributed by atoms with Gasteiger partial charge >= 0.3 is 0 Å². The van der Waals surface area contributed by atoms with Crippen LogP contribution in [0.4, 0.5) is 5.82 Å². The summed E-state index contributed by atoms with van der Waals surface area (Å²) in [6, 6.07) is 10.6. The normalized spacial score (nSPS) is 18.5. The van der Waals surface area contributed by atoms with Crippen molar-refractivity contribution in [3.63, 3.8) is 0 Å². The van der Waals surface area contributed by atoms with Crippen molar-refractivity contribution in [3.8, 4) is 0 Å². The number of piperidine rings is 1. The Bertz CT molecular complexity index is 1110. The molecule has 0 bridgehead atoms. The molecule has 7 nitrogen and oxygen atoms in total. The van der Waals surface area contributed by atoms with Crippen molar-refractivity contribution in [3.05, 3.63) is 63.5 Å². The first-order chi connectivity index (χ1) is 15.6. The number of aromatic nitrogens is 4. The van der Waals surface area contributed by atoms with Crippen LogP contribution in [-0.4, -0.2) is 50.0 Å². The predicted octanol–water partition coefficient (Wildman–Crippen LogP) is 3.92. The number of carbonyl (C=O) groups is 1. The molecule has 5 rings (SSSR count). The first-order valence-corrected chi connectivity index (χ1v) is 12.1. The fourth-order valence-corrected chi connectivity index (χ4v) is 5.42. The zero-order valence-corrected chi connectivity index (χ0v) is 19.4. The lowest BCUT2D eigenvalue weighted by molar-refractivity contribution is 0.0708. The van der Waals surface area contributed by atoms with Crippen molar-refractivity contribution >= 4 is 23.3 Å². The highest BCUT2D eigenvalue weighted by atomic mass is 32.1. The third kappa shape index (κ3) is 4.11. The fraction of sp³-hybridized carbons (Fsp3) is 0.458. The van der Waals surface area contributed by atoms with Crippen LogP contribution in [0.2, 0.25) is 0 Å². The molecule has 0 N–H and O–H groups in total. The Morgan fingerprint density at radius 2 is 1.94 bits per heavy atom. The summed E-state index contributed by atoms with van der Waals surface area (Å²) in [4.78, 5) is 28.0. The molecule has 2 aliphatic heterocycles. The molecule has 1 amide bonds. The number of aryl methyl sites for hydroxylation is 2. The van der Waals surface area contributed by atoms with E-state index < -0.39 is 0 Å². The summed E-state index contributed by atoms with van der Waals surface area (Å²) in [7, 11) is 0. The molecule has 0 aliphatic carbocycles. The summed E-state index contributed by atoms with van der Waals surface area (Å²) in [6.45, 7) is 7.22. The van der Waals surface area contributed by atoms with Crippen LogP contribution in [0.25, 0.3) is 0 Å². The summed E-state index contributed by atoms with van der Waals surface area (Å²) in [5, 5.41) is 4.00. The minimum atomic E-state index is 0.0302. The van der Waals surface area contributed by atoms with Gasteiger partial charge in [-0.15, -0.1) is 5.10 Å². The Morgan fingerprint density at radius 3 is 2.72 bits per heavy atom. The van der Waals surface area contributed by atoms with Crippen molar-refractivity contribution in [2.45, 2.75) is 52.0 Å². The number of nitrogens with zero attached hydrogens (tertiary/aromatic N) is 6. The number of benzene rings is 1. The van der Waals surface area contributed by atoms with Crippen LogP contribution < -0.4 is 4.90 Å². The van der Waals surface area contributed by atoms with Gasteiger partial charge in [-0.3, -0.25) is 4.79 Å². The van der Waals surface area contributed by atoms with Gasteiger partial charge in [0, 0.05) is 43.4 Å². The average Bonchev–Trinajstić information content (AvgIpc) is 3.25. The predicted molar refractivity (Wildman–Crippen MR) is 125 cm³/mol. The lowest BCUT2D eigenvalue weighted by atomic mass is 9.95. The third-order valence-corrected chi connectivity index (χ3v) is 7.32. The highest BCUT2D eigenvalue weighted by Gasteiger charge is 2.31. The number of hydrogen-bond acceptors (Lipinski definition) is 7. The number of likely N-dealkylation sites (tertiary alicyclic amines) is 1. The molecule has 1 atom stereocenters. The Kier molecular flexibility index (Phi) is 5.87. The van der Waals surface area contributed by atoms with E-state index in [0.717, 1.165) is 62.7 Å². The van der Waals surface area contributed by atoms with E-state index in [1.165, 1.54) is 22.7 Å². The number of anilines is 1. The molecule has 0 radical (unpaired) electrons. The molecule has 4 heterocycles. The van der Waals surface area contributed by atoms with Crippen LogP contribution >= 0.6 is 11.5 Å². The van der Waals surface area contributed by atoms with Gasteiger partial charge in [-0.25, -0.2) is 9.97 Å². The number of amides is 1. The van der Waals surface area contributed by atoms with Crippen molar-refractivity contribution in [2.24, 2.45) is 0 Å². The number of rotatable bonds is 4. The van der Waals surface area contributed by atoms with Gasteiger partial charge in [-0.2, -0.15) is 0 Å². The Balaban J connectivity index is 1.40. The van der Waals surface area contributed by atoms with Crippen molar-refractivity contribution in [1.29, 1.82) is 0 Å². The van der Waals surface area contributed by atoms with E-state index in [9.17, 15) is 4.79 Å². The fourth-order valence-electron chi connectivity index (χ4n) is 4.79. The number of fused-ring (bicyclic) bond motifs is 1. The molecule has 166 valence electrons. The first kappa shape index (κ1) is 21.0. The summed E-state index contributed by atoms with van der Waals surface area (Å²) in [5.74, 6) is 2.13. The third-order valence-electron chi connectivity index (χ3n) is 6.50. The molecule has 2 aromatic heterocycles. The van der Waals surface area contributed by atoms with Gasteiger partial charge in [-0.1, -0.05) is 34.8 Å². The average molecular weight is 449 g/mol. The van der Waals surface area contributed by atoms with E-state index in [1.807, 2.05) is 11.8 Å². The second-order valence-corrected chi connectivity index (χ2v) is 9.51. The van der Waals surface area contributed by atoms with E-state index in [1.54, 1.807) is 0 Å². The standard InChI is InChI=1S/C24H28N6OS/c1-16-20-11-7-12-29(14-18-8-4-3-5-9-18)23(20)26-22(25-16)19-10-6-13-30(15-19)24(31)21-17(2)27-28-32-21/h3-5,8-9,19H,6-7,10-15H2,1-2H3/t19-/m0/s1. The van der Waals surface area contributed by atoms with Crippen LogP contribution in [0.1, 0.15) is 63.2 Å². The Hall–Kier alpha value is -2.87. The molecular formula is C24H28N6OS. The van der Waals surface area contributed by atoms with Gasteiger partial charge < -0.3 is 9.80 Å². The highest BCUT2D eigenvalue weighted by molar-refractivity contribution is 7.07. The molecule has 8 heteroatoms. The SMILES string of the molecule is Cc1nnsc1C(=O)N1CCC[C@H](c2nc(C)c3c(n2)N(Cc2ccccc2)CCC3)C1. The van der Waals surface area contributed by atoms with Crippen molar-refractivity contribution < 1.29 is 4.79 Å². The molecule has 1 fully saturated rings. The Labute approximate surface area is 192 Å². The molecular weight excluding hydrogens is 420 g/mol. The van der Waals surface area contributed by atoms with Crippen LogP contribution in [0.15, 0.2) is 30.3 Å². The highest BCUT2D eigenvalue weighted by Crippen LogP contribution is 2.33. The molecule has 1 saturated heterocycles. The topological polar surface area (TPSA) is 75.1 Å². The molecule has 32 heavy (non-hydrogen) atoms. The Morgan fingerprint density at radius 1 is 1.09 bits per heavy atom. The minimum Gasteiger partial charge on any atom is -0.352 e. The number of carbonyl (C=O) groups excluding carboxylic acids is 1. The maximum atomic E-state index is 13.0. The van der Waals surface area contributed by atoms with Crippen LogP contribution in [0.5, 0.6) is 0 Å². The smallest absolute Gasteiger partial charge is 0.267 e. The molecule has 0 saturated carbocycles. The summed E-state index contributed by atoms with van der Waals surface area (Å²) >= 11 is 1.18. The molecule has 0 spiro atoms. The maximum absolute atomic E-state index is 13.0. The summed E-state index contributed by atoms with van der Waals surface area (Å²) < 4.78 is 3.93. The van der Waals surface area contributed by atoms with Crippen molar-refractivity contribution in [2.75, 3.05) is 24.5 Å². The zero-order valence-electron chi connectivity index (χ0n) is 18.6. The lowest BCUT2D eigenvalue weighted by Crippen LogP contribution is -2.40. The van der Waals surface area contributed by atoms with E-state index in [-0.39, 0.29) is 11.8 Å². The van der Waals surface area contributed by atoms with Gasteiger partial charge in [0.05, 0.1) is 5.69 Å². The van der Waals surface area contributed by atoms with Gasteiger partial charge in [-0.05, 0) is 56.6 Å². The monoisotopic (exact) mass is 448 g/mol. The van der Waals surface area contributed by atoms with Crippen LogP contribution in [0, 0.1) is 13.8 Å². The second kappa shape index (κ2) is 8.94. The quantitative estimate of drug-likeness (QED) is 0.602. The van der Waals surface area contributed by atoms with Gasteiger partial charge in [0.1, 0.15) is 16.5 Å². The first-order valence-electron chi connectivity index (χ1n) is 11.3. The number of hydrogen-bond donors (Lipinski definition) is 0. The molecule has 3 aromatic rings. The van der Waals surface area contributed by atoms with Gasteiger partial charge in [0.25, 0.3) is 5.91 Å². The zero-order chi connectivity index (χ0) is 22.1. The van der Waals surface area contributed by atoms with E-state index in [0.29, 0.717) is 17.1 Å². The largest absolute Gasteiger partial charge is 0.352 e. The van der Waals surface area contributed by atoms with Crippen molar-refractivity contribution in [1.82, 2.24) is 24.5 Å². The second-order valence-electron chi connectivity index (χ2n) is 8.76. The van der Waals surface area contributed by atoms with Crippen LogP contribution in [-0.2, 0) is 13.0 Å². The summed E-state index contributed by atoms with van der Waals surface area (Å²) in [6.07, 6.45) is 4.10. The van der Waals surface area contributed by atoms with E-state index in [2.05, 4.69) is 51.7 Å². The van der Waals surface area contributed by atoms with Gasteiger partial charge in [0.2, 0.25) is 0 Å². The van der Waals surface area contributed by atoms with Crippen LogP contribution in [0.3, 0.4) is 0 Å². The maximum Gasteiger partial charge on any atom is 0.267 e. The molecule has 1 aromatic carbocycles. The molecule has 0 unspecified atom stereocenters. The summed E-state index contributed by atoms with van der Waals surface area (Å²) in [5.41, 5.74) is 4.35. The minimum absolute atomic E-state index is 0.0302. The molecule has 2 aliphatic rings. The van der Waals surface area contributed by atoms with Gasteiger partial charge in [0.15, 0.2) is 0 Å². The van der Waals surface area contributed by atoms with E-state index >= 15 is 0 Å².